The molecule has 2 rings (SSSR count). The molecule has 8 heteroatoms. The minimum Gasteiger partial charge on any atom is -0.495 e. The summed E-state index contributed by atoms with van der Waals surface area (Å²) in [6.45, 7) is 8.56. The quantitative estimate of drug-likeness (QED) is 0.615. The molecule has 29 heavy (non-hydrogen) atoms. The second kappa shape index (κ2) is 10.4. The van der Waals surface area contributed by atoms with Gasteiger partial charge >= 0.3 is 0 Å². The Morgan fingerprint density at radius 1 is 1.21 bits per heavy atom. The van der Waals surface area contributed by atoms with Crippen LogP contribution < -0.4 is 10.1 Å². The van der Waals surface area contributed by atoms with Gasteiger partial charge in [-0.05, 0) is 55.8 Å². The van der Waals surface area contributed by atoms with Crippen molar-refractivity contribution in [3.05, 3.63) is 23.8 Å². The zero-order chi connectivity index (χ0) is 21.6. The third kappa shape index (κ3) is 6.42. The van der Waals surface area contributed by atoms with Crippen molar-refractivity contribution in [2.75, 3.05) is 47.4 Å². The summed E-state index contributed by atoms with van der Waals surface area (Å²) >= 11 is 0. The van der Waals surface area contributed by atoms with E-state index in [4.69, 9.17) is 4.74 Å². The molecule has 2 atom stereocenters. The highest BCUT2D eigenvalue weighted by Crippen LogP contribution is 2.27. The molecule has 0 aromatic heterocycles. The molecule has 0 saturated carbocycles. The Kier molecular flexibility index (Phi) is 8.48. The zero-order valence-electron chi connectivity index (χ0n) is 18.3. The number of piperidine rings is 1. The van der Waals surface area contributed by atoms with Crippen molar-refractivity contribution < 1.29 is 17.9 Å². The van der Waals surface area contributed by atoms with E-state index in [1.807, 2.05) is 0 Å². The van der Waals surface area contributed by atoms with Crippen LogP contribution >= 0.6 is 0 Å². The molecule has 1 aromatic rings. The van der Waals surface area contributed by atoms with E-state index >= 15 is 0 Å². The summed E-state index contributed by atoms with van der Waals surface area (Å²) in [6.07, 6.45) is 3.23. The predicted octanol–water partition coefficient (Wildman–Crippen LogP) is 2.43. The third-order valence-corrected chi connectivity index (χ3v) is 7.15. The molecule has 164 valence electrons. The number of nitrogens with zero attached hydrogens (tertiary/aromatic N) is 2. The first-order chi connectivity index (χ1) is 13.6. The lowest BCUT2D eigenvalue weighted by Crippen LogP contribution is -2.39. The van der Waals surface area contributed by atoms with E-state index in [0.717, 1.165) is 48.6 Å². The number of unbranched alkanes of at least 4 members (excludes halogenated alkanes) is 1. The molecule has 1 saturated heterocycles. The third-order valence-electron chi connectivity index (χ3n) is 5.32. The van der Waals surface area contributed by atoms with Crippen LogP contribution in [0.1, 0.15) is 43.5 Å². The number of ether oxygens (including phenoxy) is 1. The topological polar surface area (TPSA) is 79.0 Å². The number of benzene rings is 1. The molecule has 1 heterocycles. The van der Waals surface area contributed by atoms with Gasteiger partial charge < -0.3 is 15.0 Å². The summed E-state index contributed by atoms with van der Waals surface area (Å²) in [5.41, 5.74) is 0.310. The maximum Gasteiger partial charge on any atom is 0.251 e. The van der Waals surface area contributed by atoms with E-state index in [-0.39, 0.29) is 16.6 Å². The lowest BCUT2D eigenvalue weighted by Gasteiger charge is -2.34. The van der Waals surface area contributed by atoms with E-state index in [1.54, 1.807) is 6.07 Å². The molecule has 1 fully saturated rings. The Hall–Kier alpha value is -1.64. The van der Waals surface area contributed by atoms with Crippen molar-refractivity contribution >= 4 is 15.9 Å². The Balaban J connectivity index is 1.88. The maximum absolute atomic E-state index is 12.5. The standard InChI is InChI=1S/C21H35N3O4S/c1-16-12-17(2)15-24(14-16)11-7-6-10-22-21(25)18-8-9-19(28-5)20(13-18)29(26,27)23(3)4/h8-9,13,16-17H,6-7,10-12,14-15H2,1-5H3,(H,22,25)/t16-,17-/m1/s1. The Bertz CT molecular complexity index is 785. The average molecular weight is 426 g/mol. The molecule has 1 amide bonds. The van der Waals surface area contributed by atoms with Crippen LogP contribution in [0.5, 0.6) is 5.75 Å². The van der Waals surface area contributed by atoms with Gasteiger partial charge in [0, 0.05) is 39.3 Å². The van der Waals surface area contributed by atoms with Crippen LogP contribution in [0, 0.1) is 11.8 Å². The lowest BCUT2D eigenvalue weighted by atomic mass is 9.92. The molecular weight excluding hydrogens is 390 g/mol. The van der Waals surface area contributed by atoms with E-state index in [1.165, 1.54) is 39.8 Å². The molecule has 0 unspecified atom stereocenters. The Morgan fingerprint density at radius 2 is 1.86 bits per heavy atom. The van der Waals surface area contributed by atoms with Gasteiger partial charge in [-0.25, -0.2) is 12.7 Å². The van der Waals surface area contributed by atoms with Gasteiger partial charge in [-0.1, -0.05) is 13.8 Å². The highest BCUT2D eigenvalue weighted by molar-refractivity contribution is 7.89. The molecule has 0 aliphatic carbocycles. The summed E-state index contributed by atoms with van der Waals surface area (Å²) in [4.78, 5) is 15.0. The SMILES string of the molecule is COc1ccc(C(=O)NCCCCN2C[C@H](C)C[C@@H](C)C2)cc1S(=O)(=O)N(C)C. The van der Waals surface area contributed by atoms with Gasteiger partial charge in [0.25, 0.3) is 5.91 Å². The number of nitrogens with one attached hydrogen (secondary N) is 1. The summed E-state index contributed by atoms with van der Waals surface area (Å²) in [5, 5.41) is 2.89. The van der Waals surface area contributed by atoms with Gasteiger partial charge in [0.1, 0.15) is 10.6 Å². The number of methoxy groups -OCH3 is 1. The molecule has 1 aliphatic heterocycles. The number of rotatable bonds is 9. The smallest absolute Gasteiger partial charge is 0.251 e. The summed E-state index contributed by atoms with van der Waals surface area (Å²) < 4.78 is 31.2. The molecule has 0 spiro atoms. The van der Waals surface area contributed by atoms with E-state index in [0.29, 0.717) is 12.1 Å². The van der Waals surface area contributed by atoms with E-state index in [9.17, 15) is 13.2 Å². The molecule has 1 N–H and O–H groups in total. The molecule has 0 radical (unpaired) electrons. The van der Waals surface area contributed by atoms with Crippen molar-refractivity contribution in [1.82, 2.24) is 14.5 Å². The van der Waals surface area contributed by atoms with Crippen LogP contribution in [-0.4, -0.2) is 70.9 Å². The highest BCUT2D eigenvalue weighted by atomic mass is 32.2. The minimum atomic E-state index is -3.70. The number of amides is 1. The molecular formula is C21H35N3O4S. The van der Waals surface area contributed by atoms with Crippen LogP contribution in [0.4, 0.5) is 0 Å². The second-order valence-corrected chi connectivity index (χ2v) is 10.4. The predicted molar refractivity (Wildman–Crippen MR) is 115 cm³/mol. The van der Waals surface area contributed by atoms with E-state index < -0.39 is 10.0 Å². The maximum atomic E-state index is 12.5. The largest absolute Gasteiger partial charge is 0.495 e. The van der Waals surface area contributed by atoms with Gasteiger partial charge in [0.05, 0.1) is 7.11 Å². The van der Waals surface area contributed by atoms with Crippen molar-refractivity contribution in [2.45, 2.75) is 38.0 Å². The summed E-state index contributed by atoms with van der Waals surface area (Å²) in [7, 11) is 0.606. The summed E-state index contributed by atoms with van der Waals surface area (Å²) in [6, 6.07) is 4.48. The van der Waals surface area contributed by atoms with Crippen LogP contribution in [0.25, 0.3) is 0 Å². The number of hydrogen-bond acceptors (Lipinski definition) is 5. The summed E-state index contributed by atoms with van der Waals surface area (Å²) in [5.74, 6) is 1.45. The molecule has 0 bridgehead atoms. The van der Waals surface area contributed by atoms with Crippen molar-refractivity contribution in [2.24, 2.45) is 11.8 Å². The fourth-order valence-electron chi connectivity index (χ4n) is 3.96. The number of sulfonamides is 1. The van der Waals surface area contributed by atoms with Crippen LogP contribution in [0.2, 0.25) is 0 Å². The van der Waals surface area contributed by atoms with Crippen molar-refractivity contribution in [3.8, 4) is 5.75 Å². The first-order valence-corrected chi connectivity index (χ1v) is 11.7. The van der Waals surface area contributed by atoms with Gasteiger partial charge in [0.2, 0.25) is 10.0 Å². The van der Waals surface area contributed by atoms with Gasteiger partial charge in [0.15, 0.2) is 0 Å². The van der Waals surface area contributed by atoms with Gasteiger partial charge in [-0.2, -0.15) is 0 Å². The fraction of sp³-hybridized carbons (Fsp3) is 0.667. The molecule has 1 aromatic carbocycles. The first-order valence-electron chi connectivity index (χ1n) is 10.3. The van der Waals surface area contributed by atoms with Crippen LogP contribution in [-0.2, 0) is 10.0 Å². The molecule has 7 nitrogen and oxygen atoms in total. The minimum absolute atomic E-state index is 0.00834. The van der Waals surface area contributed by atoms with E-state index in [2.05, 4.69) is 24.1 Å². The van der Waals surface area contributed by atoms with Gasteiger partial charge in [-0.3, -0.25) is 4.79 Å². The fourth-order valence-corrected chi connectivity index (χ4v) is 5.03. The average Bonchev–Trinajstić information content (AvgIpc) is 2.66. The number of carbonyl (C=O) groups excluding carboxylic acids is 1. The van der Waals surface area contributed by atoms with Gasteiger partial charge in [-0.15, -0.1) is 0 Å². The first kappa shape index (κ1) is 23.6. The lowest BCUT2D eigenvalue weighted by molar-refractivity contribution is 0.0951. The number of carbonyl (C=O) groups is 1. The van der Waals surface area contributed by atoms with Crippen LogP contribution in [0.3, 0.4) is 0 Å². The highest BCUT2D eigenvalue weighted by Gasteiger charge is 2.24. The monoisotopic (exact) mass is 425 g/mol. The van der Waals surface area contributed by atoms with Crippen molar-refractivity contribution in [3.63, 3.8) is 0 Å². The Labute approximate surface area is 175 Å². The zero-order valence-corrected chi connectivity index (χ0v) is 19.1. The molecule has 1 aliphatic rings. The van der Waals surface area contributed by atoms with Crippen molar-refractivity contribution in [1.29, 1.82) is 0 Å². The Morgan fingerprint density at radius 3 is 2.45 bits per heavy atom. The number of hydrogen-bond donors (Lipinski definition) is 1. The normalized spacial score (nSPS) is 20.6. The van der Waals surface area contributed by atoms with Crippen LogP contribution in [0.15, 0.2) is 23.1 Å². The number of likely N-dealkylation sites (tertiary alicyclic amines) is 1. The second-order valence-electron chi connectivity index (χ2n) is 8.32.